The highest BCUT2D eigenvalue weighted by Crippen LogP contribution is 2.38. The van der Waals surface area contributed by atoms with E-state index in [2.05, 4.69) is 0 Å². The lowest BCUT2D eigenvalue weighted by molar-refractivity contribution is -0.122. The number of carbonyl (C=O) groups is 1. The normalized spacial score (nSPS) is 15.4. The zero-order valence-corrected chi connectivity index (χ0v) is 11.3. The molecule has 1 aromatic carbocycles. The maximum Gasteiger partial charge on any atom is 0.290 e. The Morgan fingerprint density at radius 1 is 1.10 bits per heavy atom. The van der Waals surface area contributed by atoms with Gasteiger partial charge in [-0.05, 0) is 25.7 Å². The van der Waals surface area contributed by atoms with Crippen molar-refractivity contribution in [1.82, 2.24) is 0 Å². The van der Waals surface area contributed by atoms with Crippen molar-refractivity contribution >= 4 is 12.2 Å². The van der Waals surface area contributed by atoms with E-state index in [0.717, 1.165) is 19.3 Å². The molecule has 1 fully saturated rings. The van der Waals surface area contributed by atoms with Crippen LogP contribution in [-0.4, -0.2) is 11.6 Å². The third-order valence-electron chi connectivity index (χ3n) is 3.65. The Kier molecular flexibility index (Phi) is 5.85. The van der Waals surface area contributed by atoms with E-state index in [1.807, 2.05) is 0 Å². The average molecular weight is 289 g/mol. The highest BCUT2D eigenvalue weighted by Gasteiger charge is 2.28. The minimum absolute atomic E-state index is 0.139. The minimum atomic E-state index is -1.05. The summed E-state index contributed by atoms with van der Waals surface area (Å²) in [6.07, 6.45) is 4.34. The number of hydrogen-bond acceptors (Lipinski definition) is 2. The zero-order valence-electron chi connectivity index (χ0n) is 11.3. The molecule has 0 unspecified atom stereocenters. The van der Waals surface area contributed by atoms with Crippen molar-refractivity contribution < 1.29 is 23.1 Å². The van der Waals surface area contributed by atoms with Gasteiger partial charge in [-0.3, -0.25) is 4.79 Å². The van der Waals surface area contributed by atoms with Gasteiger partial charge in [0.2, 0.25) is 0 Å². The van der Waals surface area contributed by atoms with E-state index in [9.17, 15) is 13.2 Å². The molecule has 3 nitrogen and oxygen atoms in total. The molecule has 0 aliphatic heterocycles. The Balaban J connectivity index is 0.000000612. The van der Waals surface area contributed by atoms with Crippen LogP contribution in [0.3, 0.4) is 0 Å². The molecule has 0 amide bonds. The van der Waals surface area contributed by atoms with Gasteiger partial charge in [-0.2, -0.15) is 0 Å². The smallest absolute Gasteiger partial charge is 0.290 e. The molecular formula is C14H18F3NO2. The quantitative estimate of drug-likeness (QED) is 0.470. The van der Waals surface area contributed by atoms with E-state index in [0.29, 0.717) is 12.8 Å². The summed E-state index contributed by atoms with van der Waals surface area (Å²) in [7, 11) is 0. The summed E-state index contributed by atoms with van der Waals surface area (Å²) in [5.74, 6) is -3.07. The fraction of sp³-hybridized carbons (Fsp3) is 0.500. The molecule has 0 saturated heterocycles. The summed E-state index contributed by atoms with van der Waals surface area (Å²) < 4.78 is 41.3. The Labute approximate surface area is 115 Å². The topological polar surface area (TPSA) is 63.3 Å². The van der Waals surface area contributed by atoms with E-state index in [1.165, 1.54) is 6.92 Å². The van der Waals surface area contributed by atoms with Crippen LogP contribution in [0.4, 0.5) is 18.9 Å². The summed E-state index contributed by atoms with van der Waals surface area (Å²) >= 11 is 0. The molecule has 1 saturated carbocycles. The van der Waals surface area contributed by atoms with E-state index in [4.69, 9.17) is 15.6 Å². The Hall–Kier alpha value is -1.72. The van der Waals surface area contributed by atoms with Crippen molar-refractivity contribution in [3.8, 4) is 0 Å². The Morgan fingerprint density at radius 2 is 1.60 bits per heavy atom. The lowest BCUT2D eigenvalue weighted by Gasteiger charge is -2.24. The van der Waals surface area contributed by atoms with E-state index >= 15 is 0 Å². The molecule has 112 valence electrons. The summed E-state index contributed by atoms with van der Waals surface area (Å²) in [4.78, 5) is 8.36. The first kappa shape index (κ1) is 16.3. The first-order chi connectivity index (χ1) is 9.45. The van der Waals surface area contributed by atoms with Gasteiger partial charge in [0.25, 0.3) is 6.47 Å². The van der Waals surface area contributed by atoms with Gasteiger partial charge >= 0.3 is 0 Å². The van der Waals surface area contributed by atoms with Gasteiger partial charge in [-0.25, -0.2) is 13.2 Å². The third kappa shape index (κ3) is 3.23. The van der Waals surface area contributed by atoms with Gasteiger partial charge in [0.05, 0.1) is 5.69 Å². The Bertz CT molecular complexity index is 457. The van der Waals surface area contributed by atoms with Crippen molar-refractivity contribution in [1.29, 1.82) is 0 Å². The number of carboxylic acid groups (broad SMARTS) is 1. The van der Waals surface area contributed by atoms with Gasteiger partial charge in [0.1, 0.15) is 0 Å². The van der Waals surface area contributed by atoms with Crippen LogP contribution in [0.5, 0.6) is 0 Å². The minimum Gasteiger partial charge on any atom is -0.483 e. The number of nitrogens with two attached hydrogens (primary N) is 1. The monoisotopic (exact) mass is 289 g/mol. The third-order valence-corrected chi connectivity index (χ3v) is 3.65. The van der Waals surface area contributed by atoms with Gasteiger partial charge < -0.3 is 10.8 Å². The summed E-state index contributed by atoms with van der Waals surface area (Å²) in [6, 6.07) is 0. The number of hydrogen-bond donors (Lipinski definition) is 2. The maximum atomic E-state index is 14.0. The van der Waals surface area contributed by atoms with E-state index < -0.39 is 17.5 Å². The van der Waals surface area contributed by atoms with Crippen molar-refractivity contribution in [3.05, 3.63) is 28.6 Å². The number of halogens is 3. The molecular weight excluding hydrogens is 271 g/mol. The Morgan fingerprint density at radius 3 is 2.10 bits per heavy atom. The predicted octanol–water partition coefficient (Wildman–Crippen LogP) is 3.74. The molecule has 0 radical (unpaired) electrons. The standard InChI is InChI=1S/C13H16F3N.CH2O2/c1-7-10(14)11(15)9(12(16)13(7)17)8-5-3-2-4-6-8;2-1-3/h8H,2-6,17H2,1H3;1H,(H,2,3). The fourth-order valence-electron chi connectivity index (χ4n) is 2.56. The number of anilines is 1. The highest BCUT2D eigenvalue weighted by atomic mass is 19.2. The molecule has 20 heavy (non-hydrogen) atoms. The average Bonchev–Trinajstić information content (AvgIpc) is 2.45. The van der Waals surface area contributed by atoms with Gasteiger partial charge in [0.15, 0.2) is 17.5 Å². The molecule has 0 aromatic heterocycles. The number of rotatable bonds is 1. The van der Waals surface area contributed by atoms with Crippen LogP contribution in [0.15, 0.2) is 0 Å². The van der Waals surface area contributed by atoms with Crippen LogP contribution in [0.1, 0.15) is 49.1 Å². The van der Waals surface area contributed by atoms with E-state index in [-0.39, 0.29) is 29.2 Å². The van der Waals surface area contributed by atoms with Gasteiger partial charge in [-0.1, -0.05) is 19.3 Å². The number of benzene rings is 1. The second-order valence-corrected chi connectivity index (χ2v) is 4.83. The van der Waals surface area contributed by atoms with Crippen LogP contribution in [-0.2, 0) is 4.79 Å². The molecule has 0 bridgehead atoms. The van der Waals surface area contributed by atoms with Crippen LogP contribution < -0.4 is 5.73 Å². The molecule has 1 aliphatic rings. The predicted molar refractivity (Wildman–Crippen MR) is 70.0 cm³/mol. The zero-order chi connectivity index (χ0) is 15.3. The molecule has 1 aromatic rings. The van der Waals surface area contributed by atoms with Crippen LogP contribution >= 0.6 is 0 Å². The molecule has 2 rings (SSSR count). The lowest BCUT2D eigenvalue weighted by atomic mass is 9.83. The fourth-order valence-corrected chi connectivity index (χ4v) is 2.56. The van der Waals surface area contributed by atoms with Crippen LogP contribution in [0, 0.1) is 24.4 Å². The molecule has 0 atom stereocenters. The number of nitrogen functional groups attached to an aromatic ring is 1. The molecule has 0 spiro atoms. The van der Waals surface area contributed by atoms with Crippen molar-refractivity contribution in [2.75, 3.05) is 5.73 Å². The SMILES string of the molecule is Cc1c(N)c(F)c(C2CCCCC2)c(F)c1F.O=CO. The van der Waals surface area contributed by atoms with E-state index in [1.54, 1.807) is 0 Å². The first-order valence-corrected chi connectivity index (χ1v) is 6.45. The van der Waals surface area contributed by atoms with Gasteiger partial charge in [-0.15, -0.1) is 0 Å². The van der Waals surface area contributed by atoms with Crippen LogP contribution in [0.2, 0.25) is 0 Å². The van der Waals surface area contributed by atoms with Crippen LogP contribution in [0.25, 0.3) is 0 Å². The lowest BCUT2D eigenvalue weighted by Crippen LogP contribution is -2.13. The second kappa shape index (κ2) is 7.17. The highest BCUT2D eigenvalue weighted by molar-refractivity contribution is 5.52. The first-order valence-electron chi connectivity index (χ1n) is 6.45. The summed E-state index contributed by atoms with van der Waals surface area (Å²) in [5.41, 5.74) is 4.93. The summed E-state index contributed by atoms with van der Waals surface area (Å²) in [6.45, 7) is 1.04. The van der Waals surface area contributed by atoms with Gasteiger partial charge in [0, 0.05) is 11.1 Å². The molecule has 1 aliphatic carbocycles. The van der Waals surface area contributed by atoms with Crippen molar-refractivity contribution in [2.45, 2.75) is 44.9 Å². The van der Waals surface area contributed by atoms with Crippen molar-refractivity contribution in [3.63, 3.8) is 0 Å². The molecule has 3 N–H and O–H groups in total. The molecule has 0 heterocycles. The van der Waals surface area contributed by atoms with Crippen molar-refractivity contribution in [2.24, 2.45) is 0 Å². The second-order valence-electron chi connectivity index (χ2n) is 4.83. The maximum absolute atomic E-state index is 14.0. The molecule has 6 heteroatoms. The summed E-state index contributed by atoms with van der Waals surface area (Å²) in [5, 5.41) is 6.89. The largest absolute Gasteiger partial charge is 0.483 e.